The van der Waals surface area contributed by atoms with E-state index < -0.39 is 5.97 Å². The summed E-state index contributed by atoms with van der Waals surface area (Å²) in [5.41, 5.74) is 2.23. The molecule has 0 bridgehead atoms. The fourth-order valence-corrected chi connectivity index (χ4v) is 2.94. The minimum atomic E-state index is -0.392. The summed E-state index contributed by atoms with van der Waals surface area (Å²) in [7, 11) is 1.34. The lowest BCUT2D eigenvalue weighted by Gasteiger charge is -2.07. The average molecular weight is 369 g/mol. The number of carbonyl (C=O) groups is 3. The van der Waals surface area contributed by atoms with E-state index >= 15 is 0 Å². The highest BCUT2D eigenvalue weighted by atomic mass is 32.2. The van der Waals surface area contributed by atoms with Gasteiger partial charge in [-0.05, 0) is 53.2 Å². The molecule has 1 fully saturated rings. The Kier molecular flexibility index (Phi) is 5.38. The predicted molar refractivity (Wildman–Crippen MR) is 97.7 cm³/mol. The van der Waals surface area contributed by atoms with Crippen LogP contribution in [-0.2, 0) is 16.1 Å². The van der Waals surface area contributed by atoms with Gasteiger partial charge in [0.1, 0.15) is 12.4 Å². The van der Waals surface area contributed by atoms with E-state index in [4.69, 9.17) is 4.74 Å². The summed E-state index contributed by atoms with van der Waals surface area (Å²) in [6.07, 6.45) is 1.67. The van der Waals surface area contributed by atoms with Crippen molar-refractivity contribution in [3.8, 4) is 5.75 Å². The number of benzene rings is 2. The topological polar surface area (TPSA) is 81.7 Å². The minimum Gasteiger partial charge on any atom is -0.489 e. The van der Waals surface area contributed by atoms with Gasteiger partial charge in [-0.3, -0.25) is 14.9 Å². The van der Waals surface area contributed by atoms with Crippen molar-refractivity contribution in [2.24, 2.45) is 0 Å². The van der Waals surface area contributed by atoms with Crippen LogP contribution in [0.4, 0.5) is 4.79 Å². The first kappa shape index (κ1) is 17.8. The maximum Gasteiger partial charge on any atom is 0.337 e. The van der Waals surface area contributed by atoms with Gasteiger partial charge in [0.05, 0.1) is 17.6 Å². The molecular formula is C19H15NO5S. The molecule has 26 heavy (non-hydrogen) atoms. The standard InChI is InChI=1S/C19H15NO5S/c1-24-18(22)14-6-8-15(9-7-14)25-11-13-4-2-12(3-5-13)10-16-17(21)20-19(23)26-16/h2-10H,11H2,1H3,(H,20,21,23)/b16-10-. The second kappa shape index (κ2) is 7.88. The third kappa shape index (κ3) is 4.31. The molecule has 1 saturated heterocycles. The fourth-order valence-electron chi connectivity index (χ4n) is 2.25. The maximum atomic E-state index is 11.5. The summed E-state index contributed by atoms with van der Waals surface area (Å²) >= 11 is 0.889. The molecular weight excluding hydrogens is 354 g/mol. The highest BCUT2D eigenvalue weighted by Gasteiger charge is 2.24. The van der Waals surface area contributed by atoms with Crippen LogP contribution in [0.15, 0.2) is 53.4 Å². The number of carbonyl (C=O) groups excluding carboxylic acids is 3. The molecule has 2 amide bonds. The van der Waals surface area contributed by atoms with Crippen LogP contribution in [0.3, 0.4) is 0 Å². The molecule has 0 aliphatic carbocycles. The van der Waals surface area contributed by atoms with Gasteiger partial charge in [-0.1, -0.05) is 24.3 Å². The van der Waals surface area contributed by atoms with Crippen LogP contribution in [0.2, 0.25) is 0 Å². The summed E-state index contributed by atoms with van der Waals surface area (Å²) in [6, 6.07) is 14.2. The lowest BCUT2D eigenvalue weighted by Crippen LogP contribution is -2.17. The van der Waals surface area contributed by atoms with Crippen LogP contribution in [0.5, 0.6) is 5.75 Å². The Morgan fingerprint density at radius 1 is 1.08 bits per heavy atom. The van der Waals surface area contributed by atoms with Crippen molar-refractivity contribution in [2.45, 2.75) is 6.61 Å². The smallest absolute Gasteiger partial charge is 0.337 e. The molecule has 7 heteroatoms. The Labute approximate surface area is 154 Å². The monoisotopic (exact) mass is 369 g/mol. The van der Waals surface area contributed by atoms with E-state index in [0.29, 0.717) is 22.8 Å². The van der Waals surface area contributed by atoms with Crippen molar-refractivity contribution in [3.05, 3.63) is 70.1 Å². The van der Waals surface area contributed by atoms with Gasteiger partial charge in [0.2, 0.25) is 0 Å². The number of nitrogens with one attached hydrogen (secondary N) is 1. The van der Waals surface area contributed by atoms with Crippen molar-refractivity contribution < 1.29 is 23.9 Å². The quantitative estimate of drug-likeness (QED) is 0.643. The summed E-state index contributed by atoms with van der Waals surface area (Å²) < 4.78 is 10.3. The molecule has 0 aromatic heterocycles. The number of hydrogen-bond acceptors (Lipinski definition) is 6. The highest BCUT2D eigenvalue weighted by molar-refractivity contribution is 8.18. The number of hydrogen-bond donors (Lipinski definition) is 1. The molecule has 132 valence electrons. The van der Waals surface area contributed by atoms with E-state index in [9.17, 15) is 14.4 Å². The largest absolute Gasteiger partial charge is 0.489 e. The number of methoxy groups -OCH3 is 1. The Hall–Kier alpha value is -3.06. The second-order valence-corrected chi connectivity index (χ2v) is 6.41. The molecule has 2 aromatic rings. The van der Waals surface area contributed by atoms with E-state index in [1.807, 2.05) is 24.3 Å². The number of imide groups is 1. The van der Waals surface area contributed by atoms with Gasteiger partial charge in [-0.25, -0.2) is 4.79 Å². The molecule has 1 aliphatic rings. The van der Waals surface area contributed by atoms with Crippen LogP contribution >= 0.6 is 11.8 Å². The molecule has 2 aromatic carbocycles. The molecule has 0 unspecified atom stereocenters. The van der Waals surface area contributed by atoms with Gasteiger partial charge in [-0.15, -0.1) is 0 Å². The predicted octanol–water partition coefficient (Wildman–Crippen LogP) is 3.38. The van der Waals surface area contributed by atoms with Gasteiger partial charge < -0.3 is 9.47 Å². The maximum absolute atomic E-state index is 11.5. The summed E-state index contributed by atoms with van der Waals surface area (Å²) in [5.74, 6) is -0.124. The summed E-state index contributed by atoms with van der Waals surface area (Å²) in [4.78, 5) is 34.4. The van der Waals surface area contributed by atoms with Crippen LogP contribution < -0.4 is 10.1 Å². The average Bonchev–Trinajstić information content (AvgIpc) is 2.98. The fraction of sp³-hybridized carbons (Fsp3) is 0.105. The molecule has 1 heterocycles. The van der Waals surface area contributed by atoms with E-state index in [-0.39, 0.29) is 11.1 Å². The van der Waals surface area contributed by atoms with Gasteiger partial charge in [0.15, 0.2) is 0 Å². The summed E-state index contributed by atoms with van der Waals surface area (Å²) in [5, 5.41) is 1.86. The van der Waals surface area contributed by atoms with E-state index in [0.717, 1.165) is 22.9 Å². The zero-order valence-electron chi connectivity index (χ0n) is 13.9. The van der Waals surface area contributed by atoms with Crippen molar-refractivity contribution >= 4 is 35.0 Å². The molecule has 0 radical (unpaired) electrons. The molecule has 3 rings (SSSR count). The SMILES string of the molecule is COC(=O)c1ccc(OCc2ccc(/C=C3\SC(=O)NC3=O)cc2)cc1. The van der Waals surface area contributed by atoms with Gasteiger partial charge in [-0.2, -0.15) is 0 Å². The van der Waals surface area contributed by atoms with E-state index in [1.165, 1.54) is 7.11 Å². The van der Waals surface area contributed by atoms with Crippen molar-refractivity contribution in [2.75, 3.05) is 7.11 Å². The van der Waals surface area contributed by atoms with Crippen LogP contribution in [0, 0.1) is 0 Å². The lowest BCUT2D eigenvalue weighted by molar-refractivity contribution is -0.115. The van der Waals surface area contributed by atoms with Crippen LogP contribution in [-0.4, -0.2) is 24.2 Å². The minimum absolute atomic E-state index is 0.357. The molecule has 1 aliphatic heterocycles. The lowest BCUT2D eigenvalue weighted by atomic mass is 10.1. The molecule has 0 saturated carbocycles. The molecule has 0 spiro atoms. The van der Waals surface area contributed by atoms with Crippen LogP contribution in [0.25, 0.3) is 6.08 Å². The van der Waals surface area contributed by atoms with Crippen molar-refractivity contribution in [1.29, 1.82) is 0 Å². The zero-order chi connectivity index (χ0) is 18.5. The van der Waals surface area contributed by atoms with E-state index in [1.54, 1.807) is 30.3 Å². The Balaban J connectivity index is 1.59. The van der Waals surface area contributed by atoms with Crippen molar-refractivity contribution in [3.63, 3.8) is 0 Å². The number of amides is 2. The second-order valence-electron chi connectivity index (χ2n) is 5.40. The van der Waals surface area contributed by atoms with Gasteiger partial charge in [0.25, 0.3) is 11.1 Å². The number of ether oxygens (including phenoxy) is 2. The third-order valence-electron chi connectivity index (χ3n) is 3.60. The zero-order valence-corrected chi connectivity index (χ0v) is 14.7. The first-order valence-electron chi connectivity index (χ1n) is 7.70. The number of rotatable bonds is 5. The van der Waals surface area contributed by atoms with Gasteiger partial charge in [0, 0.05) is 0 Å². The number of esters is 1. The molecule has 1 N–H and O–H groups in total. The van der Waals surface area contributed by atoms with Gasteiger partial charge >= 0.3 is 5.97 Å². The number of thioether (sulfide) groups is 1. The Morgan fingerprint density at radius 3 is 2.35 bits per heavy atom. The Morgan fingerprint density at radius 2 is 1.77 bits per heavy atom. The molecule has 0 atom stereocenters. The van der Waals surface area contributed by atoms with Crippen molar-refractivity contribution in [1.82, 2.24) is 5.32 Å². The highest BCUT2D eigenvalue weighted by Crippen LogP contribution is 2.25. The first-order chi connectivity index (χ1) is 12.5. The van der Waals surface area contributed by atoms with E-state index in [2.05, 4.69) is 10.1 Å². The van der Waals surface area contributed by atoms with Crippen LogP contribution in [0.1, 0.15) is 21.5 Å². The third-order valence-corrected chi connectivity index (χ3v) is 4.41. The molecule has 6 nitrogen and oxygen atoms in total. The first-order valence-corrected chi connectivity index (χ1v) is 8.52. The normalized spacial score (nSPS) is 15.0. The summed E-state index contributed by atoms with van der Waals surface area (Å²) in [6.45, 7) is 0.363. The Bertz CT molecular complexity index is 872.